The zero-order valence-electron chi connectivity index (χ0n) is 11.2. The predicted octanol–water partition coefficient (Wildman–Crippen LogP) is 2.63. The van der Waals surface area contributed by atoms with Crippen LogP contribution in [-0.2, 0) is 9.53 Å². The zero-order chi connectivity index (χ0) is 14.3. The number of hydrogen-bond acceptors (Lipinski definition) is 3. The van der Waals surface area contributed by atoms with Crippen molar-refractivity contribution in [3.63, 3.8) is 0 Å². The monoisotopic (exact) mass is 267 g/mol. The third-order valence-electron chi connectivity index (χ3n) is 3.24. The van der Waals surface area contributed by atoms with Crippen LogP contribution in [0.4, 0.5) is 4.79 Å². The number of carbonyl (C=O) groups is 2. The fourth-order valence-electron chi connectivity index (χ4n) is 2.18. The summed E-state index contributed by atoms with van der Waals surface area (Å²) in [6.45, 7) is 5.23. The van der Waals surface area contributed by atoms with Crippen LogP contribution >= 0.6 is 0 Å². The smallest absolute Gasteiger partial charge is 0.408 e. The lowest BCUT2D eigenvalue weighted by Gasteiger charge is -2.23. The minimum absolute atomic E-state index is 0.0963. The zero-order valence-corrected chi connectivity index (χ0v) is 11.2. The van der Waals surface area contributed by atoms with Crippen LogP contribution in [0.2, 0.25) is 0 Å². The summed E-state index contributed by atoms with van der Waals surface area (Å²) >= 11 is 0. The summed E-state index contributed by atoms with van der Waals surface area (Å²) in [6.07, 6.45) is 7.21. The molecule has 19 heavy (non-hydrogen) atoms. The molecule has 0 aromatic heterocycles. The molecule has 0 radical (unpaired) electrons. The fraction of sp³-hybridized carbons (Fsp3) is 0.571. The summed E-state index contributed by atoms with van der Waals surface area (Å²) in [7, 11) is 0. The molecule has 0 aromatic carbocycles. The van der Waals surface area contributed by atoms with Gasteiger partial charge in [-0.05, 0) is 38.2 Å². The highest BCUT2D eigenvalue weighted by Crippen LogP contribution is 2.20. The van der Waals surface area contributed by atoms with E-state index >= 15 is 0 Å². The maximum absolute atomic E-state index is 11.7. The molecule has 1 amide bonds. The number of ether oxygens (including phenoxy) is 1. The Bertz CT molecular complexity index is 370. The van der Waals surface area contributed by atoms with Gasteiger partial charge in [0.05, 0.1) is 0 Å². The van der Waals surface area contributed by atoms with Crippen LogP contribution < -0.4 is 5.32 Å². The topological polar surface area (TPSA) is 75.6 Å². The first-order valence-corrected chi connectivity index (χ1v) is 6.57. The molecule has 0 heterocycles. The second-order valence-corrected chi connectivity index (χ2v) is 4.57. The van der Waals surface area contributed by atoms with Crippen LogP contribution in [0.25, 0.3) is 0 Å². The van der Waals surface area contributed by atoms with Gasteiger partial charge in [-0.3, -0.25) is 0 Å². The molecule has 0 bridgehead atoms. The quantitative estimate of drug-likeness (QED) is 0.751. The summed E-state index contributed by atoms with van der Waals surface area (Å²) in [5.74, 6) is -1.13. The van der Waals surface area contributed by atoms with Gasteiger partial charge in [0.25, 0.3) is 0 Å². The van der Waals surface area contributed by atoms with Crippen molar-refractivity contribution in [1.29, 1.82) is 0 Å². The minimum atomic E-state index is -1.13. The molecule has 1 saturated carbocycles. The van der Waals surface area contributed by atoms with Crippen LogP contribution in [0.5, 0.6) is 0 Å². The first-order chi connectivity index (χ1) is 9.08. The molecule has 1 atom stereocenters. The van der Waals surface area contributed by atoms with Gasteiger partial charge in [-0.1, -0.05) is 25.2 Å². The van der Waals surface area contributed by atoms with Crippen LogP contribution in [0.1, 0.15) is 39.0 Å². The second kappa shape index (κ2) is 7.61. The van der Waals surface area contributed by atoms with Crippen LogP contribution in [0, 0.1) is 0 Å². The predicted molar refractivity (Wildman–Crippen MR) is 71.9 cm³/mol. The number of alkyl carbamates (subject to hydrolysis) is 1. The van der Waals surface area contributed by atoms with Crippen molar-refractivity contribution in [1.82, 2.24) is 5.32 Å². The van der Waals surface area contributed by atoms with Gasteiger partial charge in [0, 0.05) is 0 Å². The number of hydrogen-bond donors (Lipinski definition) is 2. The second-order valence-electron chi connectivity index (χ2n) is 4.57. The summed E-state index contributed by atoms with van der Waals surface area (Å²) in [5.41, 5.74) is 0.438. The Hall–Kier alpha value is -1.78. The number of allylic oxidation sites excluding steroid dienone is 1. The number of rotatable bonds is 5. The van der Waals surface area contributed by atoms with E-state index < -0.39 is 18.1 Å². The standard InChI is InChI=1S/C14H21NO4/c1-3-10(4-2)12(13(16)17)15-14(18)19-11-8-6-5-7-9-11/h3-4,11-12H,1,5-9H2,2H3,(H,15,18)(H,16,17)/b10-4+/t12-/m1/s1. The van der Waals surface area contributed by atoms with Gasteiger partial charge in [0.1, 0.15) is 6.10 Å². The highest BCUT2D eigenvalue weighted by Gasteiger charge is 2.25. The van der Waals surface area contributed by atoms with E-state index in [-0.39, 0.29) is 6.10 Å². The van der Waals surface area contributed by atoms with Gasteiger partial charge < -0.3 is 15.2 Å². The number of carboxylic acid groups (broad SMARTS) is 1. The highest BCUT2D eigenvalue weighted by atomic mass is 16.6. The van der Waals surface area contributed by atoms with E-state index in [0.717, 1.165) is 25.7 Å². The Labute approximate surface area is 113 Å². The molecule has 0 aromatic rings. The van der Waals surface area contributed by atoms with E-state index in [2.05, 4.69) is 11.9 Å². The molecule has 106 valence electrons. The fourth-order valence-corrected chi connectivity index (χ4v) is 2.18. The number of amides is 1. The Balaban J connectivity index is 2.56. The molecular formula is C14H21NO4. The summed E-state index contributed by atoms with van der Waals surface area (Å²) < 4.78 is 5.24. The Morgan fingerprint density at radius 2 is 2.00 bits per heavy atom. The number of carboxylic acids is 1. The SMILES string of the molecule is C=C/C(=C\C)[C@@H](NC(=O)OC1CCCCC1)C(=O)O. The van der Waals surface area contributed by atoms with E-state index in [0.29, 0.717) is 5.57 Å². The van der Waals surface area contributed by atoms with Crippen LogP contribution in [-0.4, -0.2) is 29.3 Å². The number of nitrogens with one attached hydrogen (secondary N) is 1. The summed E-state index contributed by atoms with van der Waals surface area (Å²) in [5, 5.41) is 11.5. The maximum atomic E-state index is 11.7. The molecule has 0 unspecified atom stereocenters. The minimum Gasteiger partial charge on any atom is -0.479 e. The van der Waals surface area contributed by atoms with Gasteiger partial charge in [-0.15, -0.1) is 0 Å². The van der Waals surface area contributed by atoms with Gasteiger partial charge >= 0.3 is 12.1 Å². The molecule has 5 nitrogen and oxygen atoms in total. The summed E-state index contributed by atoms with van der Waals surface area (Å²) in [4.78, 5) is 22.8. The van der Waals surface area contributed by atoms with Crippen molar-refractivity contribution in [2.75, 3.05) is 0 Å². The van der Waals surface area contributed by atoms with Crippen molar-refractivity contribution < 1.29 is 19.4 Å². The van der Waals surface area contributed by atoms with Crippen LogP contribution in [0.15, 0.2) is 24.3 Å². The van der Waals surface area contributed by atoms with Crippen molar-refractivity contribution in [3.05, 3.63) is 24.3 Å². The molecule has 0 aliphatic heterocycles. The first-order valence-electron chi connectivity index (χ1n) is 6.57. The lowest BCUT2D eigenvalue weighted by atomic mass is 9.98. The van der Waals surface area contributed by atoms with E-state index in [1.54, 1.807) is 13.0 Å². The molecule has 1 rings (SSSR count). The Morgan fingerprint density at radius 1 is 1.37 bits per heavy atom. The van der Waals surface area contributed by atoms with Crippen molar-refractivity contribution >= 4 is 12.1 Å². The van der Waals surface area contributed by atoms with E-state index in [9.17, 15) is 9.59 Å². The van der Waals surface area contributed by atoms with Crippen molar-refractivity contribution in [2.45, 2.75) is 51.2 Å². The molecule has 0 saturated heterocycles. The molecule has 1 aliphatic carbocycles. The normalized spacial score (nSPS) is 18.5. The van der Waals surface area contributed by atoms with Crippen LogP contribution in [0.3, 0.4) is 0 Å². The lowest BCUT2D eigenvalue weighted by molar-refractivity contribution is -0.138. The maximum Gasteiger partial charge on any atom is 0.408 e. The highest BCUT2D eigenvalue weighted by molar-refractivity contribution is 5.83. The average molecular weight is 267 g/mol. The Morgan fingerprint density at radius 3 is 2.47 bits per heavy atom. The largest absolute Gasteiger partial charge is 0.479 e. The Kier molecular flexibility index (Phi) is 6.12. The summed E-state index contributed by atoms with van der Waals surface area (Å²) in [6, 6.07) is -1.11. The number of carbonyl (C=O) groups excluding carboxylic acids is 1. The van der Waals surface area contributed by atoms with Gasteiger partial charge in [-0.2, -0.15) is 0 Å². The van der Waals surface area contributed by atoms with E-state index in [1.807, 2.05) is 0 Å². The van der Waals surface area contributed by atoms with Crippen molar-refractivity contribution in [2.24, 2.45) is 0 Å². The third kappa shape index (κ3) is 4.77. The van der Waals surface area contributed by atoms with Gasteiger partial charge in [0.15, 0.2) is 6.04 Å². The average Bonchev–Trinajstić information content (AvgIpc) is 2.39. The molecule has 5 heteroatoms. The van der Waals surface area contributed by atoms with Gasteiger partial charge in [0.2, 0.25) is 0 Å². The molecule has 2 N–H and O–H groups in total. The molecule has 0 spiro atoms. The van der Waals surface area contributed by atoms with E-state index in [1.165, 1.54) is 12.5 Å². The molecule has 1 fully saturated rings. The molecule has 1 aliphatic rings. The first kappa shape index (κ1) is 15.3. The third-order valence-corrected chi connectivity index (χ3v) is 3.24. The molecular weight excluding hydrogens is 246 g/mol. The van der Waals surface area contributed by atoms with E-state index in [4.69, 9.17) is 9.84 Å². The lowest BCUT2D eigenvalue weighted by Crippen LogP contribution is -2.43. The van der Waals surface area contributed by atoms with Crippen molar-refractivity contribution in [3.8, 4) is 0 Å². The van der Waals surface area contributed by atoms with Gasteiger partial charge in [-0.25, -0.2) is 9.59 Å². The number of aliphatic carboxylic acids is 1.